The van der Waals surface area contributed by atoms with E-state index in [-0.39, 0.29) is 5.92 Å². The lowest BCUT2D eigenvalue weighted by Gasteiger charge is -2.07. The Morgan fingerprint density at radius 1 is 1.57 bits per heavy atom. The van der Waals surface area contributed by atoms with Crippen LogP contribution >= 0.6 is 11.6 Å². The fourth-order valence-corrected chi connectivity index (χ4v) is 1.53. The summed E-state index contributed by atoms with van der Waals surface area (Å²) in [5.41, 5.74) is 1.14. The van der Waals surface area contributed by atoms with Crippen LogP contribution in [0.3, 0.4) is 0 Å². The molecule has 0 radical (unpaired) electrons. The van der Waals surface area contributed by atoms with Gasteiger partial charge in [-0.05, 0) is 24.1 Å². The molecule has 0 saturated heterocycles. The van der Waals surface area contributed by atoms with Gasteiger partial charge in [0, 0.05) is 5.92 Å². The van der Waals surface area contributed by atoms with Gasteiger partial charge in [-0.25, -0.2) is 0 Å². The molecule has 0 bridgehead atoms. The maximum Gasteiger partial charge on any atom is 0.137 e. The zero-order valence-electron chi connectivity index (χ0n) is 8.38. The van der Waals surface area contributed by atoms with Crippen LogP contribution in [0, 0.1) is 18.3 Å². The van der Waals surface area contributed by atoms with Gasteiger partial charge < -0.3 is 4.74 Å². The summed E-state index contributed by atoms with van der Waals surface area (Å²) in [6.45, 7) is 2.01. The molecule has 1 atom stereocenters. The van der Waals surface area contributed by atoms with Crippen LogP contribution < -0.4 is 4.74 Å². The summed E-state index contributed by atoms with van der Waals surface area (Å²) < 4.78 is 5.06. The topological polar surface area (TPSA) is 9.23 Å². The van der Waals surface area contributed by atoms with Gasteiger partial charge in [0.15, 0.2) is 0 Å². The average molecular weight is 209 g/mol. The number of hydrogen-bond donors (Lipinski definition) is 0. The number of ether oxygens (including phenoxy) is 1. The number of methoxy groups -OCH3 is 1. The van der Waals surface area contributed by atoms with E-state index >= 15 is 0 Å². The third-order valence-electron chi connectivity index (χ3n) is 2.04. The highest BCUT2D eigenvalue weighted by Gasteiger charge is 2.04. The van der Waals surface area contributed by atoms with Gasteiger partial charge in [-0.2, -0.15) is 0 Å². The molecule has 1 aromatic rings. The Hall–Kier alpha value is -1.13. The highest BCUT2D eigenvalue weighted by molar-refractivity contribution is 6.32. The molecule has 0 amide bonds. The molecular formula is C12H13ClO. The second kappa shape index (κ2) is 4.93. The van der Waals surface area contributed by atoms with E-state index in [1.807, 2.05) is 25.1 Å². The first kappa shape index (κ1) is 10.9. The van der Waals surface area contributed by atoms with Crippen molar-refractivity contribution in [1.82, 2.24) is 0 Å². The molecule has 0 heterocycles. The van der Waals surface area contributed by atoms with E-state index in [0.29, 0.717) is 10.8 Å². The third kappa shape index (κ3) is 2.68. The first-order valence-electron chi connectivity index (χ1n) is 4.46. The number of terminal acetylenes is 1. The van der Waals surface area contributed by atoms with Crippen LogP contribution in [0.25, 0.3) is 0 Å². The summed E-state index contributed by atoms with van der Waals surface area (Å²) in [7, 11) is 1.60. The SMILES string of the molecule is C#CC(C)Cc1ccc(OC)c(Cl)c1. The summed E-state index contributed by atoms with van der Waals surface area (Å²) >= 11 is 5.98. The summed E-state index contributed by atoms with van der Waals surface area (Å²) in [6, 6.07) is 5.74. The van der Waals surface area contributed by atoms with Crippen LogP contribution in [0.4, 0.5) is 0 Å². The first-order chi connectivity index (χ1) is 6.67. The van der Waals surface area contributed by atoms with E-state index in [0.717, 1.165) is 12.0 Å². The Labute approximate surface area is 90.0 Å². The van der Waals surface area contributed by atoms with Crippen molar-refractivity contribution in [2.45, 2.75) is 13.3 Å². The Balaban J connectivity index is 2.82. The van der Waals surface area contributed by atoms with Crippen LogP contribution in [0.5, 0.6) is 5.75 Å². The molecule has 1 rings (SSSR count). The third-order valence-corrected chi connectivity index (χ3v) is 2.34. The summed E-state index contributed by atoms with van der Waals surface area (Å²) in [5, 5.41) is 0.634. The van der Waals surface area contributed by atoms with E-state index in [4.69, 9.17) is 22.8 Å². The summed E-state index contributed by atoms with van der Waals surface area (Å²) in [4.78, 5) is 0. The van der Waals surface area contributed by atoms with E-state index in [2.05, 4.69) is 5.92 Å². The van der Waals surface area contributed by atoms with Crippen LogP contribution in [0.15, 0.2) is 18.2 Å². The molecule has 14 heavy (non-hydrogen) atoms. The minimum atomic E-state index is 0.236. The van der Waals surface area contributed by atoms with Crippen molar-refractivity contribution in [2.75, 3.05) is 7.11 Å². The van der Waals surface area contributed by atoms with Crippen LogP contribution in [-0.4, -0.2) is 7.11 Å². The van der Waals surface area contributed by atoms with Gasteiger partial charge in [0.2, 0.25) is 0 Å². The van der Waals surface area contributed by atoms with Gasteiger partial charge in [0.05, 0.1) is 12.1 Å². The molecule has 0 aliphatic carbocycles. The monoisotopic (exact) mass is 208 g/mol. The van der Waals surface area contributed by atoms with E-state index < -0.39 is 0 Å². The molecule has 74 valence electrons. The normalized spacial score (nSPS) is 11.9. The van der Waals surface area contributed by atoms with Gasteiger partial charge in [-0.1, -0.05) is 24.6 Å². The predicted molar refractivity (Wildman–Crippen MR) is 59.7 cm³/mol. The van der Waals surface area contributed by atoms with Crippen molar-refractivity contribution >= 4 is 11.6 Å². The number of rotatable bonds is 3. The van der Waals surface area contributed by atoms with E-state index in [1.54, 1.807) is 7.11 Å². The lowest BCUT2D eigenvalue weighted by molar-refractivity contribution is 0.415. The Morgan fingerprint density at radius 3 is 2.79 bits per heavy atom. The molecular weight excluding hydrogens is 196 g/mol. The predicted octanol–water partition coefficient (Wildman–Crippen LogP) is 3.16. The fraction of sp³-hybridized carbons (Fsp3) is 0.333. The molecule has 0 fully saturated rings. The highest BCUT2D eigenvalue weighted by atomic mass is 35.5. The maximum absolute atomic E-state index is 5.98. The lowest BCUT2D eigenvalue weighted by Crippen LogP contribution is -1.96. The Bertz CT molecular complexity index is 352. The molecule has 0 aromatic heterocycles. The molecule has 0 aliphatic heterocycles. The molecule has 0 aliphatic rings. The molecule has 0 saturated carbocycles. The first-order valence-corrected chi connectivity index (χ1v) is 4.83. The van der Waals surface area contributed by atoms with Crippen molar-refractivity contribution in [2.24, 2.45) is 5.92 Å². The molecule has 1 aromatic carbocycles. The molecule has 1 nitrogen and oxygen atoms in total. The highest BCUT2D eigenvalue weighted by Crippen LogP contribution is 2.25. The Kier molecular flexibility index (Phi) is 3.85. The smallest absolute Gasteiger partial charge is 0.137 e. The number of hydrogen-bond acceptors (Lipinski definition) is 1. The number of halogens is 1. The molecule has 1 unspecified atom stereocenters. The molecule has 2 heteroatoms. The van der Waals surface area contributed by atoms with Gasteiger partial charge >= 0.3 is 0 Å². The van der Waals surface area contributed by atoms with Gasteiger partial charge in [-0.3, -0.25) is 0 Å². The van der Waals surface area contributed by atoms with Gasteiger partial charge in [-0.15, -0.1) is 12.3 Å². The second-order valence-corrected chi connectivity index (χ2v) is 3.65. The van der Waals surface area contributed by atoms with E-state index in [9.17, 15) is 0 Å². The zero-order valence-corrected chi connectivity index (χ0v) is 9.14. The zero-order chi connectivity index (χ0) is 10.6. The lowest BCUT2D eigenvalue weighted by atomic mass is 10.0. The fourth-order valence-electron chi connectivity index (χ4n) is 1.25. The van der Waals surface area contributed by atoms with E-state index in [1.165, 1.54) is 0 Å². The van der Waals surface area contributed by atoms with Crippen molar-refractivity contribution in [3.8, 4) is 18.1 Å². The standard InChI is InChI=1S/C12H13ClO/c1-4-9(2)7-10-5-6-12(14-3)11(13)8-10/h1,5-6,8-9H,7H2,2-3H3. The average Bonchev–Trinajstić information content (AvgIpc) is 2.18. The maximum atomic E-state index is 5.98. The largest absolute Gasteiger partial charge is 0.495 e. The van der Waals surface area contributed by atoms with Crippen LogP contribution in [-0.2, 0) is 6.42 Å². The summed E-state index contributed by atoms with van der Waals surface area (Å²) in [6.07, 6.45) is 6.15. The Morgan fingerprint density at radius 2 is 2.29 bits per heavy atom. The van der Waals surface area contributed by atoms with Crippen molar-refractivity contribution in [1.29, 1.82) is 0 Å². The number of benzene rings is 1. The minimum Gasteiger partial charge on any atom is -0.495 e. The second-order valence-electron chi connectivity index (χ2n) is 3.24. The quantitative estimate of drug-likeness (QED) is 0.694. The molecule has 0 N–H and O–H groups in total. The minimum absolute atomic E-state index is 0.236. The van der Waals surface area contributed by atoms with Crippen molar-refractivity contribution in [3.05, 3.63) is 28.8 Å². The van der Waals surface area contributed by atoms with Gasteiger partial charge in [0.1, 0.15) is 5.75 Å². The van der Waals surface area contributed by atoms with Crippen molar-refractivity contribution < 1.29 is 4.74 Å². The van der Waals surface area contributed by atoms with Gasteiger partial charge in [0.25, 0.3) is 0 Å². The van der Waals surface area contributed by atoms with Crippen molar-refractivity contribution in [3.63, 3.8) is 0 Å². The summed E-state index contributed by atoms with van der Waals surface area (Å²) in [5.74, 6) is 3.62. The van der Waals surface area contributed by atoms with Crippen LogP contribution in [0.1, 0.15) is 12.5 Å². The molecule has 0 spiro atoms. The van der Waals surface area contributed by atoms with Crippen LogP contribution in [0.2, 0.25) is 5.02 Å².